The van der Waals surface area contributed by atoms with Gasteiger partial charge in [0.2, 0.25) is 0 Å². The van der Waals surface area contributed by atoms with Crippen molar-refractivity contribution in [1.82, 2.24) is 0 Å². The number of halogens is 3. The molecule has 0 atom stereocenters. The Balaban J connectivity index is 2.73. The molecule has 1 aromatic carbocycles. The fraction of sp³-hybridized carbons (Fsp3) is 0.300. The second-order valence-corrected chi connectivity index (χ2v) is 4.14. The Labute approximate surface area is 88.2 Å². The van der Waals surface area contributed by atoms with E-state index in [2.05, 4.69) is 15.9 Å². The average Bonchev–Trinajstić information content (AvgIpc) is 2.14. The van der Waals surface area contributed by atoms with Gasteiger partial charge in [-0.2, -0.15) is 0 Å². The molecule has 1 aromatic rings. The largest absolute Gasteiger partial charge is 0.294 e. The summed E-state index contributed by atoms with van der Waals surface area (Å²) in [6, 6.07) is 1.08. The van der Waals surface area contributed by atoms with E-state index >= 15 is 0 Å². The second-order valence-electron chi connectivity index (χ2n) is 3.28. The summed E-state index contributed by atoms with van der Waals surface area (Å²) in [6.45, 7) is 0. The Morgan fingerprint density at radius 1 is 1.29 bits per heavy atom. The number of rotatable bonds is 0. The van der Waals surface area contributed by atoms with E-state index < -0.39 is 11.6 Å². The summed E-state index contributed by atoms with van der Waals surface area (Å²) in [5, 5.41) is 0. The van der Waals surface area contributed by atoms with Crippen molar-refractivity contribution < 1.29 is 13.6 Å². The van der Waals surface area contributed by atoms with Crippen LogP contribution < -0.4 is 0 Å². The van der Waals surface area contributed by atoms with E-state index in [1.165, 1.54) is 0 Å². The molecular formula is C10H7BrF2O. The minimum Gasteiger partial charge on any atom is -0.294 e. The molecule has 2 rings (SSSR count). The number of Topliss-reactive ketones (excluding diaryl/α,β-unsaturated/α-hetero) is 1. The van der Waals surface area contributed by atoms with Gasteiger partial charge < -0.3 is 0 Å². The van der Waals surface area contributed by atoms with E-state index in [-0.39, 0.29) is 11.3 Å². The maximum absolute atomic E-state index is 13.3. The van der Waals surface area contributed by atoms with Crippen LogP contribution >= 0.6 is 15.9 Å². The predicted octanol–water partition coefficient (Wildman–Crippen LogP) is 3.25. The van der Waals surface area contributed by atoms with Crippen molar-refractivity contribution in [2.75, 3.05) is 0 Å². The van der Waals surface area contributed by atoms with Crippen molar-refractivity contribution in [3.63, 3.8) is 0 Å². The molecule has 0 heterocycles. The average molecular weight is 261 g/mol. The minimum atomic E-state index is -1.01. The number of benzene rings is 1. The Bertz CT molecular complexity index is 415. The van der Waals surface area contributed by atoms with E-state index in [0.717, 1.165) is 6.07 Å². The van der Waals surface area contributed by atoms with Crippen molar-refractivity contribution >= 4 is 21.7 Å². The highest BCUT2D eigenvalue weighted by atomic mass is 79.9. The molecule has 14 heavy (non-hydrogen) atoms. The molecule has 1 aliphatic carbocycles. The summed E-state index contributed by atoms with van der Waals surface area (Å²) in [5.41, 5.74) is 0.531. The summed E-state index contributed by atoms with van der Waals surface area (Å²) < 4.78 is 26.8. The first kappa shape index (κ1) is 9.77. The molecular weight excluding hydrogens is 254 g/mol. The first-order chi connectivity index (χ1) is 6.61. The number of carbonyl (C=O) groups excluding carboxylic acids is 1. The predicted molar refractivity (Wildman–Crippen MR) is 51.3 cm³/mol. The van der Waals surface area contributed by atoms with Crippen molar-refractivity contribution in [3.8, 4) is 0 Å². The fourth-order valence-electron chi connectivity index (χ4n) is 1.72. The summed E-state index contributed by atoms with van der Waals surface area (Å²) in [4.78, 5) is 11.4. The first-order valence-corrected chi connectivity index (χ1v) is 5.10. The molecule has 0 unspecified atom stereocenters. The number of hydrogen-bond donors (Lipinski definition) is 0. The normalized spacial score (nSPS) is 15.5. The SMILES string of the molecule is O=C1CCCc2c(Br)cc(F)c(F)c21. The maximum atomic E-state index is 13.3. The van der Waals surface area contributed by atoms with Crippen LogP contribution in [0.1, 0.15) is 28.8 Å². The van der Waals surface area contributed by atoms with Gasteiger partial charge in [0, 0.05) is 10.9 Å². The van der Waals surface area contributed by atoms with Gasteiger partial charge in [0.05, 0.1) is 5.56 Å². The van der Waals surface area contributed by atoms with Crippen LogP contribution in [-0.2, 0) is 6.42 Å². The highest BCUT2D eigenvalue weighted by Crippen LogP contribution is 2.31. The highest BCUT2D eigenvalue weighted by molar-refractivity contribution is 9.10. The quantitative estimate of drug-likeness (QED) is 0.655. The summed E-state index contributed by atoms with van der Waals surface area (Å²) in [6.07, 6.45) is 1.63. The number of ketones is 1. The maximum Gasteiger partial charge on any atom is 0.169 e. The zero-order valence-electron chi connectivity index (χ0n) is 7.24. The standard InChI is InChI=1S/C10H7BrF2O/c11-6-4-7(12)10(13)9-5(6)2-1-3-8(9)14/h4H,1-3H2. The lowest BCUT2D eigenvalue weighted by atomic mass is 9.90. The molecule has 0 aliphatic heterocycles. The Morgan fingerprint density at radius 2 is 2.00 bits per heavy atom. The van der Waals surface area contributed by atoms with Gasteiger partial charge in [-0.25, -0.2) is 8.78 Å². The molecule has 0 saturated heterocycles. The van der Waals surface area contributed by atoms with E-state index in [4.69, 9.17) is 0 Å². The van der Waals surface area contributed by atoms with Gasteiger partial charge in [-0.05, 0) is 24.5 Å². The van der Waals surface area contributed by atoms with Crippen LogP contribution in [0, 0.1) is 11.6 Å². The Kier molecular flexibility index (Phi) is 2.39. The fourth-order valence-corrected chi connectivity index (χ4v) is 2.32. The molecule has 0 bridgehead atoms. The van der Waals surface area contributed by atoms with Crippen LogP contribution in [-0.4, -0.2) is 5.78 Å². The third-order valence-electron chi connectivity index (χ3n) is 2.38. The van der Waals surface area contributed by atoms with Crippen LogP contribution in [0.2, 0.25) is 0 Å². The zero-order valence-corrected chi connectivity index (χ0v) is 8.83. The number of hydrogen-bond acceptors (Lipinski definition) is 1. The Hall–Kier alpha value is -0.770. The monoisotopic (exact) mass is 260 g/mol. The molecule has 1 aliphatic rings. The van der Waals surface area contributed by atoms with Crippen molar-refractivity contribution in [2.24, 2.45) is 0 Å². The number of fused-ring (bicyclic) bond motifs is 1. The van der Waals surface area contributed by atoms with Crippen molar-refractivity contribution in [1.29, 1.82) is 0 Å². The first-order valence-electron chi connectivity index (χ1n) is 4.31. The van der Waals surface area contributed by atoms with Crippen LogP contribution in [0.15, 0.2) is 10.5 Å². The van der Waals surface area contributed by atoms with Crippen LogP contribution in [0.5, 0.6) is 0 Å². The van der Waals surface area contributed by atoms with Gasteiger partial charge in [-0.3, -0.25) is 4.79 Å². The Morgan fingerprint density at radius 3 is 2.71 bits per heavy atom. The minimum absolute atomic E-state index is 0.0666. The zero-order chi connectivity index (χ0) is 10.3. The van der Waals surface area contributed by atoms with Gasteiger partial charge >= 0.3 is 0 Å². The summed E-state index contributed by atoms with van der Waals surface area (Å²) >= 11 is 3.14. The molecule has 74 valence electrons. The van der Waals surface area contributed by atoms with E-state index in [0.29, 0.717) is 29.3 Å². The van der Waals surface area contributed by atoms with Crippen LogP contribution in [0.25, 0.3) is 0 Å². The summed E-state index contributed by atoms with van der Waals surface area (Å²) in [5.74, 6) is -2.28. The third-order valence-corrected chi connectivity index (χ3v) is 3.09. The molecule has 4 heteroatoms. The van der Waals surface area contributed by atoms with Crippen LogP contribution in [0.3, 0.4) is 0 Å². The van der Waals surface area contributed by atoms with Gasteiger partial charge in [0.25, 0.3) is 0 Å². The van der Waals surface area contributed by atoms with Gasteiger partial charge in [-0.1, -0.05) is 15.9 Å². The highest BCUT2D eigenvalue weighted by Gasteiger charge is 2.25. The molecule has 0 N–H and O–H groups in total. The topological polar surface area (TPSA) is 17.1 Å². The molecule has 0 saturated carbocycles. The molecule has 0 radical (unpaired) electrons. The van der Waals surface area contributed by atoms with Crippen LogP contribution in [0.4, 0.5) is 8.78 Å². The lowest BCUT2D eigenvalue weighted by molar-refractivity contribution is 0.0967. The smallest absolute Gasteiger partial charge is 0.169 e. The second kappa shape index (κ2) is 3.42. The molecule has 0 spiro atoms. The molecule has 0 fully saturated rings. The third kappa shape index (κ3) is 1.38. The lowest BCUT2D eigenvalue weighted by Crippen LogP contribution is -2.15. The van der Waals surface area contributed by atoms with Gasteiger partial charge in [-0.15, -0.1) is 0 Å². The van der Waals surface area contributed by atoms with Crippen molar-refractivity contribution in [2.45, 2.75) is 19.3 Å². The summed E-state index contributed by atoms with van der Waals surface area (Å²) in [7, 11) is 0. The molecule has 1 nitrogen and oxygen atoms in total. The van der Waals surface area contributed by atoms with E-state index in [1.807, 2.05) is 0 Å². The lowest BCUT2D eigenvalue weighted by Gasteiger charge is -2.16. The molecule has 0 amide bonds. The number of carbonyl (C=O) groups is 1. The van der Waals surface area contributed by atoms with Crippen molar-refractivity contribution in [3.05, 3.63) is 33.3 Å². The van der Waals surface area contributed by atoms with E-state index in [9.17, 15) is 13.6 Å². The van der Waals surface area contributed by atoms with E-state index in [1.54, 1.807) is 0 Å². The molecule has 0 aromatic heterocycles. The van der Waals surface area contributed by atoms with Gasteiger partial charge in [0.15, 0.2) is 17.4 Å². The van der Waals surface area contributed by atoms with Gasteiger partial charge in [0.1, 0.15) is 0 Å².